The molecule has 0 aromatic carbocycles. The minimum Gasteiger partial charge on any atom is -0.491 e. The van der Waals surface area contributed by atoms with Gasteiger partial charge >= 0.3 is 0 Å². The number of aromatic nitrogens is 1. The fourth-order valence-electron chi connectivity index (χ4n) is 2.24. The summed E-state index contributed by atoms with van der Waals surface area (Å²) in [6, 6.07) is 3.70. The molecule has 1 aromatic rings. The third-order valence-electron chi connectivity index (χ3n) is 3.56. The molecule has 18 heavy (non-hydrogen) atoms. The van der Waals surface area contributed by atoms with E-state index in [-0.39, 0.29) is 13.0 Å². The zero-order valence-corrected chi connectivity index (χ0v) is 10.1. The van der Waals surface area contributed by atoms with E-state index in [9.17, 15) is 8.78 Å². The minimum atomic E-state index is -2.51. The van der Waals surface area contributed by atoms with Crippen molar-refractivity contribution in [3.05, 3.63) is 18.3 Å². The van der Waals surface area contributed by atoms with Crippen LogP contribution in [0, 0.1) is 5.92 Å². The molecule has 0 spiro atoms. The second-order valence-corrected chi connectivity index (χ2v) is 5.02. The lowest BCUT2D eigenvalue weighted by molar-refractivity contribution is 0.0855. The van der Waals surface area contributed by atoms with Crippen LogP contribution in [0.5, 0.6) is 5.75 Å². The van der Waals surface area contributed by atoms with Crippen LogP contribution >= 0.6 is 0 Å². The lowest BCUT2D eigenvalue weighted by atomic mass is 10.4. The Kier molecular flexibility index (Phi) is 2.84. The van der Waals surface area contributed by atoms with Crippen molar-refractivity contribution in [3.63, 3.8) is 0 Å². The molecule has 1 saturated heterocycles. The van der Waals surface area contributed by atoms with Gasteiger partial charge in [0.2, 0.25) is 0 Å². The summed E-state index contributed by atoms with van der Waals surface area (Å²) in [4.78, 5) is 6.53. The molecule has 0 bridgehead atoms. The van der Waals surface area contributed by atoms with Crippen molar-refractivity contribution in [1.82, 2.24) is 4.98 Å². The van der Waals surface area contributed by atoms with Crippen molar-refractivity contribution >= 4 is 5.82 Å². The summed E-state index contributed by atoms with van der Waals surface area (Å²) in [5, 5.41) is 0. The van der Waals surface area contributed by atoms with Crippen molar-refractivity contribution < 1.29 is 13.5 Å². The molecular weight excluding hydrogens is 238 g/mol. The summed E-state index contributed by atoms with van der Waals surface area (Å²) in [5.74, 6) is -1.61. The molecule has 1 aromatic heterocycles. The van der Waals surface area contributed by atoms with Crippen LogP contribution in [-0.2, 0) is 0 Å². The lowest BCUT2D eigenvalue weighted by Gasteiger charge is -2.16. The predicted molar refractivity (Wildman–Crippen MR) is 64.2 cm³/mol. The Bertz CT molecular complexity index is 416. The summed E-state index contributed by atoms with van der Waals surface area (Å²) in [7, 11) is 0. The van der Waals surface area contributed by atoms with E-state index in [2.05, 4.69) is 9.88 Å². The first-order chi connectivity index (χ1) is 8.65. The average molecular weight is 254 g/mol. The van der Waals surface area contributed by atoms with Crippen LogP contribution in [0.1, 0.15) is 19.3 Å². The van der Waals surface area contributed by atoms with E-state index in [1.54, 1.807) is 12.3 Å². The standard InChI is InChI=1S/C13H16F2N2O/c14-13(15)7-10(13)9-18-11-3-4-12(16-8-11)17-5-1-2-6-17/h3-4,8,10H,1-2,5-7,9H2. The topological polar surface area (TPSA) is 25.4 Å². The highest BCUT2D eigenvalue weighted by Crippen LogP contribution is 2.48. The van der Waals surface area contributed by atoms with E-state index in [4.69, 9.17) is 4.74 Å². The lowest BCUT2D eigenvalue weighted by Crippen LogP contribution is -2.18. The van der Waals surface area contributed by atoms with Gasteiger partial charge in [0.25, 0.3) is 5.92 Å². The molecule has 5 heteroatoms. The maximum Gasteiger partial charge on any atom is 0.255 e. The van der Waals surface area contributed by atoms with Crippen LogP contribution in [0.2, 0.25) is 0 Å². The monoisotopic (exact) mass is 254 g/mol. The highest BCUT2D eigenvalue weighted by molar-refractivity contribution is 5.41. The maximum atomic E-state index is 12.7. The number of anilines is 1. The molecule has 1 atom stereocenters. The zero-order valence-electron chi connectivity index (χ0n) is 10.1. The van der Waals surface area contributed by atoms with Gasteiger partial charge in [-0.05, 0) is 25.0 Å². The number of nitrogens with zero attached hydrogens (tertiary/aromatic N) is 2. The molecule has 2 heterocycles. The van der Waals surface area contributed by atoms with Gasteiger partial charge in [0.05, 0.1) is 18.7 Å². The first-order valence-electron chi connectivity index (χ1n) is 6.37. The Morgan fingerprint density at radius 3 is 2.61 bits per heavy atom. The summed E-state index contributed by atoms with van der Waals surface area (Å²) < 4.78 is 30.7. The molecule has 2 fully saturated rings. The summed E-state index contributed by atoms with van der Waals surface area (Å²) in [5.41, 5.74) is 0. The SMILES string of the molecule is FC1(F)CC1COc1ccc(N2CCCC2)nc1. The second kappa shape index (κ2) is 4.37. The predicted octanol–water partition coefficient (Wildman–Crippen LogP) is 2.72. The van der Waals surface area contributed by atoms with E-state index >= 15 is 0 Å². The minimum absolute atomic E-state index is 0.0493. The number of pyridine rings is 1. The Labute approximate surface area is 105 Å². The first-order valence-corrected chi connectivity index (χ1v) is 6.37. The Morgan fingerprint density at radius 2 is 2.06 bits per heavy atom. The van der Waals surface area contributed by atoms with Crippen molar-refractivity contribution in [3.8, 4) is 5.75 Å². The van der Waals surface area contributed by atoms with Crippen molar-refractivity contribution in [2.24, 2.45) is 5.92 Å². The number of hydrogen-bond donors (Lipinski definition) is 0. The van der Waals surface area contributed by atoms with Crippen LogP contribution < -0.4 is 9.64 Å². The van der Waals surface area contributed by atoms with Crippen LogP contribution in [-0.4, -0.2) is 30.6 Å². The zero-order chi connectivity index (χ0) is 12.6. The van der Waals surface area contributed by atoms with Gasteiger partial charge in [-0.15, -0.1) is 0 Å². The molecule has 0 amide bonds. The van der Waals surface area contributed by atoms with Crippen LogP contribution in [0.3, 0.4) is 0 Å². The summed E-state index contributed by atoms with van der Waals surface area (Å²) in [6.07, 6.45) is 3.98. The van der Waals surface area contributed by atoms with Gasteiger partial charge in [-0.3, -0.25) is 0 Å². The van der Waals surface area contributed by atoms with E-state index in [0.717, 1.165) is 18.9 Å². The van der Waals surface area contributed by atoms with E-state index in [1.807, 2.05) is 6.07 Å². The molecule has 1 saturated carbocycles. The number of hydrogen-bond acceptors (Lipinski definition) is 3. The van der Waals surface area contributed by atoms with Gasteiger partial charge in [-0.1, -0.05) is 0 Å². The van der Waals surface area contributed by atoms with Crippen molar-refractivity contribution in [2.75, 3.05) is 24.6 Å². The van der Waals surface area contributed by atoms with Crippen LogP contribution in [0.4, 0.5) is 14.6 Å². The summed E-state index contributed by atoms with van der Waals surface area (Å²) in [6.45, 7) is 2.17. The molecule has 1 unspecified atom stereocenters. The quantitative estimate of drug-likeness (QED) is 0.826. The van der Waals surface area contributed by atoms with Gasteiger partial charge in [-0.2, -0.15) is 0 Å². The third kappa shape index (κ3) is 2.40. The Balaban J connectivity index is 1.54. The second-order valence-electron chi connectivity index (χ2n) is 5.02. The fourth-order valence-corrected chi connectivity index (χ4v) is 2.24. The molecule has 3 nitrogen and oxygen atoms in total. The van der Waals surface area contributed by atoms with Gasteiger partial charge in [0, 0.05) is 19.5 Å². The fraction of sp³-hybridized carbons (Fsp3) is 0.615. The van der Waals surface area contributed by atoms with Crippen LogP contribution in [0.15, 0.2) is 18.3 Å². The summed E-state index contributed by atoms with van der Waals surface area (Å²) >= 11 is 0. The van der Waals surface area contributed by atoms with E-state index < -0.39 is 11.8 Å². The Hall–Kier alpha value is -1.39. The van der Waals surface area contributed by atoms with E-state index in [1.165, 1.54) is 12.8 Å². The van der Waals surface area contributed by atoms with Crippen LogP contribution in [0.25, 0.3) is 0 Å². The van der Waals surface area contributed by atoms with Crippen molar-refractivity contribution in [2.45, 2.75) is 25.2 Å². The largest absolute Gasteiger partial charge is 0.491 e. The van der Waals surface area contributed by atoms with E-state index in [0.29, 0.717) is 5.75 Å². The molecular formula is C13H16F2N2O. The van der Waals surface area contributed by atoms with Gasteiger partial charge in [0.15, 0.2) is 0 Å². The molecule has 98 valence electrons. The van der Waals surface area contributed by atoms with Crippen molar-refractivity contribution in [1.29, 1.82) is 0 Å². The highest BCUT2D eigenvalue weighted by Gasteiger charge is 2.57. The molecule has 3 rings (SSSR count). The van der Waals surface area contributed by atoms with Gasteiger partial charge < -0.3 is 9.64 Å². The number of halogens is 2. The first kappa shape index (κ1) is 11.7. The average Bonchev–Trinajstić information content (AvgIpc) is 2.82. The third-order valence-corrected chi connectivity index (χ3v) is 3.56. The number of alkyl halides is 2. The normalized spacial score (nSPS) is 25.2. The number of rotatable bonds is 4. The van der Waals surface area contributed by atoms with Gasteiger partial charge in [0.1, 0.15) is 11.6 Å². The number of ether oxygens (including phenoxy) is 1. The maximum absolute atomic E-state index is 12.7. The molecule has 0 radical (unpaired) electrons. The smallest absolute Gasteiger partial charge is 0.255 e. The highest BCUT2D eigenvalue weighted by atomic mass is 19.3. The molecule has 0 N–H and O–H groups in total. The molecule has 1 aliphatic carbocycles. The molecule has 1 aliphatic heterocycles. The Morgan fingerprint density at radius 1 is 1.33 bits per heavy atom. The molecule has 2 aliphatic rings. The van der Waals surface area contributed by atoms with Gasteiger partial charge in [-0.25, -0.2) is 13.8 Å².